The smallest absolute Gasteiger partial charge is 0.326 e. The Kier molecular flexibility index (Phi) is 6.50. The van der Waals surface area contributed by atoms with E-state index in [4.69, 9.17) is 22.0 Å². The summed E-state index contributed by atoms with van der Waals surface area (Å²) in [5.41, 5.74) is 0.483. The summed E-state index contributed by atoms with van der Waals surface area (Å²) in [6, 6.07) is 4.71. The molecule has 0 aromatic heterocycles. The van der Waals surface area contributed by atoms with Crippen LogP contribution in [-0.4, -0.2) is 23.1 Å². The summed E-state index contributed by atoms with van der Waals surface area (Å²) in [6.45, 7) is 1.93. The Hall–Kier alpha value is -2.26. The third-order valence-corrected chi connectivity index (χ3v) is 3.04. The summed E-state index contributed by atoms with van der Waals surface area (Å²) in [4.78, 5) is 22.9. The number of aliphatic carboxylic acids is 1. The number of nitriles is 1. The standard InChI is InChI=1S/C14H16ClN3O3/c1-2-3-4-11(13(19)20)17-14(21)18-12-7-10(15)6-5-9(12)8-16/h5-7,11H,2-4H2,1H3,(H,19,20)(H2,17,18,21). The first-order valence-electron chi connectivity index (χ1n) is 6.48. The predicted octanol–water partition coefficient (Wildman–Crippen LogP) is 2.98. The molecule has 21 heavy (non-hydrogen) atoms. The highest BCUT2D eigenvalue weighted by atomic mass is 35.5. The lowest BCUT2D eigenvalue weighted by molar-refractivity contribution is -0.139. The fourth-order valence-corrected chi connectivity index (χ4v) is 1.87. The van der Waals surface area contributed by atoms with E-state index in [9.17, 15) is 9.59 Å². The first-order chi connectivity index (χ1) is 9.97. The van der Waals surface area contributed by atoms with Crippen molar-refractivity contribution < 1.29 is 14.7 Å². The van der Waals surface area contributed by atoms with Gasteiger partial charge in [0.1, 0.15) is 12.1 Å². The number of anilines is 1. The molecule has 0 aliphatic heterocycles. The topological polar surface area (TPSA) is 102 Å². The molecule has 6 nitrogen and oxygen atoms in total. The maximum absolute atomic E-state index is 11.8. The zero-order chi connectivity index (χ0) is 15.8. The number of carboxylic acid groups (broad SMARTS) is 1. The van der Waals surface area contributed by atoms with Crippen LogP contribution >= 0.6 is 11.6 Å². The van der Waals surface area contributed by atoms with Gasteiger partial charge in [-0.05, 0) is 24.6 Å². The minimum atomic E-state index is -1.09. The van der Waals surface area contributed by atoms with Crippen LogP contribution in [0, 0.1) is 11.3 Å². The van der Waals surface area contributed by atoms with Gasteiger partial charge in [-0.25, -0.2) is 9.59 Å². The van der Waals surface area contributed by atoms with Gasteiger partial charge in [-0.2, -0.15) is 5.26 Å². The number of hydrogen-bond acceptors (Lipinski definition) is 3. The van der Waals surface area contributed by atoms with E-state index in [1.165, 1.54) is 18.2 Å². The highest BCUT2D eigenvalue weighted by molar-refractivity contribution is 6.31. The molecule has 1 rings (SSSR count). The van der Waals surface area contributed by atoms with E-state index in [2.05, 4.69) is 10.6 Å². The van der Waals surface area contributed by atoms with Crippen LogP contribution in [0.3, 0.4) is 0 Å². The summed E-state index contributed by atoms with van der Waals surface area (Å²) in [7, 11) is 0. The number of amides is 2. The SMILES string of the molecule is CCCCC(NC(=O)Nc1cc(Cl)ccc1C#N)C(=O)O. The molecule has 0 fully saturated rings. The molecular weight excluding hydrogens is 294 g/mol. The van der Waals surface area contributed by atoms with Crippen molar-refractivity contribution in [3.63, 3.8) is 0 Å². The number of nitrogens with one attached hydrogen (secondary N) is 2. The van der Waals surface area contributed by atoms with Crippen LogP contribution in [0.25, 0.3) is 0 Å². The lowest BCUT2D eigenvalue weighted by Crippen LogP contribution is -2.43. The number of carboxylic acids is 1. The minimum Gasteiger partial charge on any atom is -0.480 e. The number of carbonyl (C=O) groups excluding carboxylic acids is 1. The van der Waals surface area contributed by atoms with Crippen molar-refractivity contribution in [1.29, 1.82) is 5.26 Å². The number of hydrogen-bond donors (Lipinski definition) is 3. The van der Waals surface area contributed by atoms with Gasteiger partial charge in [-0.1, -0.05) is 31.4 Å². The van der Waals surface area contributed by atoms with Gasteiger partial charge in [0, 0.05) is 5.02 Å². The van der Waals surface area contributed by atoms with Crippen molar-refractivity contribution in [2.75, 3.05) is 5.32 Å². The second kappa shape index (κ2) is 8.12. The van der Waals surface area contributed by atoms with Crippen LogP contribution in [0.2, 0.25) is 5.02 Å². The predicted molar refractivity (Wildman–Crippen MR) is 79.3 cm³/mol. The Balaban J connectivity index is 2.74. The molecule has 1 atom stereocenters. The van der Waals surface area contributed by atoms with E-state index >= 15 is 0 Å². The molecule has 112 valence electrons. The Morgan fingerprint density at radius 2 is 2.19 bits per heavy atom. The minimum absolute atomic E-state index is 0.238. The highest BCUT2D eigenvalue weighted by Crippen LogP contribution is 2.20. The summed E-state index contributed by atoms with van der Waals surface area (Å²) in [5.74, 6) is -1.09. The molecule has 0 aliphatic rings. The van der Waals surface area contributed by atoms with Gasteiger partial charge >= 0.3 is 12.0 Å². The van der Waals surface area contributed by atoms with E-state index in [1.807, 2.05) is 13.0 Å². The van der Waals surface area contributed by atoms with E-state index in [1.54, 1.807) is 0 Å². The fraction of sp³-hybridized carbons (Fsp3) is 0.357. The zero-order valence-electron chi connectivity index (χ0n) is 11.5. The lowest BCUT2D eigenvalue weighted by Gasteiger charge is -2.15. The van der Waals surface area contributed by atoms with Gasteiger partial charge in [0.05, 0.1) is 11.3 Å². The second-order valence-electron chi connectivity index (χ2n) is 4.43. The number of carbonyl (C=O) groups is 2. The zero-order valence-corrected chi connectivity index (χ0v) is 12.3. The molecule has 1 unspecified atom stereocenters. The lowest BCUT2D eigenvalue weighted by atomic mass is 10.1. The van der Waals surface area contributed by atoms with E-state index in [0.717, 1.165) is 6.42 Å². The van der Waals surface area contributed by atoms with Crippen LogP contribution in [0.4, 0.5) is 10.5 Å². The maximum atomic E-state index is 11.8. The summed E-state index contributed by atoms with van der Waals surface area (Å²) >= 11 is 5.81. The van der Waals surface area contributed by atoms with Gasteiger partial charge in [0.15, 0.2) is 0 Å². The van der Waals surface area contributed by atoms with Crippen molar-refractivity contribution in [1.82, 2.24) is 5.32 Å². The Bertz CT molecular complexity index is 569. The quantitative estimate of drug-likeness (QED) is 0.751. The average molecular weight is 310 g/mol. The van der Waals surface area contributed by atoms with E-state index in [0.29, 0.717) is 17.9 Å². The fourth-order valence-electron chi connectivity index (χ4n) is 1.70. The molecule has 7 heteroatoms. The molecule has 0 saturated carbocycles. The third kappa shape index (κ3) is 5.32. The number of urea groups is 1. The normalized spacial score (nSPS) is 11.3. The first-order valence-corrected chi connectivity index (χ1v) is 6.85. The van der Waals surface area contributed by atoms with E-state index < -0.39 is 18.0 Å². The van der Waals surface area contributed by atoms with Gasteiger partial charge < -0.3 is 15.7 Å². The molecular formula is C14H16ClN3O3. The van der Waals surface area contributed by atoms with Crippen LogP contribution in [0.5, 0.6) is 0 Å². The molecule has 0 saturated heterocycles. The van der Waals surface area contributed by atoms with Crippen molar-refractivity contribution in [3.8, 4) is 6.07 Å². The Morgan fingerprint density at radius 1 is 1.48 bits per heavy atom. The van der Waals surface area contributed by atoms with Crippen LogP contribution in [-0.2, 0) is 4.79 Å². The molecule has 0 bridgehead atoms. The molecule has 2 amide bonds. The molecule has 1 aromatic carbocycles. The van der Waals surface area contributed by atoms with Gasteiger partial charge in [-0.3, -0.25) is 0 Å². The maximum Gasteiger partial charge on any atom is 0.326 e. The highest BCUT2D eigenvalue weighted by Gasteiger charge is 2.19. The Labute approximate surface area is 127 Å². The average Bonchev–Trinajstić information content (AvgIpc) is 2.43. The monoisotopic (exact) mass is 309 g/mol. The molecule has 1 aromatic rings. The second-order valence-corrected chi connectivity index (χ2v) is 4.87. The van der Waals surface area contributed by atoms with E-state index in [-0.39, 0.29) is 11.3 Å². The van der Waals surface area contributed by atoms with Crippen LogP contribution < -0.4 is 10.6 Å². The summed E-state index contributed by atoms with van der Waals surface area (Å²) in [5, 5.41) is 23.2. The number of unbranched alkanes of at least 4 members (excludes halogenated alkanes) is 1. The van der Waals surface area contributed by atoms with Crippen molar-refractivity contribution in [2.45, 2.75) is 32.2 Å². The first kappa shape index (κ1) is 16.8. The number of benzene rings is 1. The van der Waals surface area contributed by atoms with Crippen molar-refractivity contribution in [2.24, 2.45) is 0 Å². The molecule has 3 N–H and O–H groups in total. The molecule has 0 heterocycles. The summed E-state index contributed by atoms with van der Waals surface area (Å²) in [6.07, 6.45) is 1.87. The molecule has 0 aliphatic carbocycles. The van der Waals surface area contributed by atoms with Gasteiger partial charge in [0.25, 0.3) is 0 Å². The number of halogens is 1. The van der Waals surface area contributed by atoms with Gasteiger partial charge in [0.2, 0.25) is 0 Å². The summed E-state index contributed by atoms with van der Waals surface area (Å²) < 4.78 is 0. The molecule has 0 radical (unpaired) electrons. The van der Waals surface area contributed by atoms with Crippen LogP contribution in [0.15, 0.2) is 18.2 Å². The number of nitrogens with zero attached hydrogens (tertiary/aromatic N) is 1. The number of rotatable bonds is 6. The third-order valence-electron chi connectivity index (χ3n) is 2.80. The van der Waals surface area contributed by atoms with Crippen molar-refractivity contribution in [3.05, 3.63) is 28.8 Å². The molecule has 0 spiro atoms. The largest absolute Gasteiger partial charge is 0.480 e. The van der Waals surface area contributed by atoms with Crippen LogP contribution in [0.1, 0.15) is 31.7 Å². The Morgan fingerprint density at radius 3 is 2.76 bits per heavy atom. The van der Waals surface area contributed by atoms with Crippen molar-refractivity contribution >= 4 is 29.3 Å². The van der Waals surface area contributed by atoms with Gasteiger partial charge in [-0.15, -0.1) is 0 Å².